The maximum atomic E-state index is 12.8. The van der Waals surface area contributed by atoms with Gasteiger partial charge in [-0.25, -0.2) is 19.3 Å². The number of nitriles is 1. The van der Waals surface area contributed by atoms with Crippen LogP contribution >= 0.6 is 0 Å². The third-order valence-corrected chi connectivity index (χ3v) is 4.44. The summed E-state index contributed by atoms with van der Waals surface area (Å²) in [5, 5.41) is 19.7. The molecule has 0 aliphatic heterocycles. The number of pyridine rings is 1. The minimum Gasteiger partial charge on any atom is -0.368 e. The summed E-state index contributed by atoms with van der Waals surface area (Å²) >= 11 is 0. The molecule has 4 rings (SSSR count). The van der Waals surface area contributed by atoms with Gasteiger partial charge in [-0.15, -0.1) is 5.10 Å². The molecule has 150 valence electrons. The van der Waals surface area contributed by atoms with Gasteiger partial charge in [0.05, 0.1) is 11.3 Å². The van der Waals surface area contributed by atoms with Crippen LogP contribution in [0.2, 0.25) is 0 Å². The molecule has 0 atom stereocenters. The number of anilines is 2. The maximum Gasteiger partial charge on any atom is 0.226 e. The molecule has 0 amide bonds. The summed E-state index contributed by atoms with van der Waals surface area (Å²) in [6.07, 6.45) is 1.52. The van der Waals surface area contributed by atoms with Crippen LogP contribution in [0.25, 0.3) is 16.9 Å². The zero-order valence-electron chi connectivity index (χ0n) is 16.3. The Morgan fingerprint density at radius 1 is 1.07 bits per heavy atom. The Bertz CT molecular complexity index is 1190. The van der Waals surface area contributed by atoms with Crippen molar-refractivity contribution in [2.45, 2.75) is 13.6 Å². The fraction of sp³-hybridized carbons (Fsp3) is 0.190. The molecule has 2 N–H and O–H groups in total. The Balaban J connectivity index is 1.51. The number of hydrogen-bond donors (Lipinski definition) is 2. The van der Waals surface area contributed by atoms with Gasteiger partial charge in [0.1, 0.15) is 24.4 Å². The maximum absolute atomic E-state index is 12.8. The van der Waals surface area contributed by atoms with E-state index in [1.54, 1.807) is 28.8 Å². The number of aromatic nitrogens is 5. The van der Waals surface area contributed by atoms with Crippen molar-refractivity contribution in [1.29, 1.82) is 5.26 Å². The SMILES string of the molecule is Cc1nc2cc(-c3ccc(CF)cc3)nc(NCCNc3ccc(C#N)cn3)n2n1. The van der Waals surface area contributed by atoms with E-state index in [2.05, 4.69) is 30.7 Å². The van der Waals surface area contributed by atoms with Crippen molar-refractivity contribution in [3.63, 3.8) is 0 Å². The van der Waals surface area contributed by atoms with Gasteiger partial charge in [-0.3, -0.25) is 0 Å². The van der Waals surface area contributed by atoms with Gasteiger partial charge in [-0.05, 0) is 24.6 Å². The van der Waals surface area contributed by atoms with Gasteiger partial charge >= 0.3 is 0 Å². The molecule has 0 unspecified atom stereocenters. The zero-order chi connectivity index (χ0) is 20.9. The van der Waals surface area contributed by atoms with Crippen molar-refractivity contribution in [2.75, 3.05) is 23.7 Å². The zero-order valence-corrected chi connectivity index (χ0v) is 16.3. The predicted octanol–water partition coefficient (Wildman–Crippen LogP) is 3.36. The van der Waals surface area contributed by atoms with Crippen LogP contribution < -0.4 is 10.6 Å². The van der Waals surface area contributed by atoms with E-state index in [1.165, 1.54) is 6.20 Å². The summed E-state index contributed by atoms with van der Waals surface area (Å²) in [6.45, 7) is 2.48. The molecule has 0 saturated heterocycles. The fourth-order valence-corrected chi connectivity index (χ4v) is 2.95. The minimum atomic E-state index is -0.496. The molecule has 0 aliphatic rings. The smallest absolute Gasteiger partial charge is 0.226 e. The average Bonchev–Trinajstić information content (AvgIpc) is 3.17. The van der Waals surface area contributed by atoms with Gasteiger partial charge in [0.25, 0.3) is 0 Å². The van der Waals surface area contributed by atoms with Crippen molar-refractivity contribution in [2.24, 2.45) is 0 Å². The lowest BCUT2D eigenvalue weighted by molar-refractivity contribution is 0.485. The van der Waals surface area contributed by atoms with Gasteiger partial charge < -0.3 is 10.6 Å². The molecule has 9 heteroatoms. The van der Waals surface area contributed by atoms with Crippen LogP contribution in [0, 0.1) is 18.3 Å². The molecule has 0 aliphatic carbocycles. The van der Waals surface area contributed by atoms with E-state index in [9.17, 15) is 4.39 Å². The Kier molecular flexibility index (Phi) is 5.48. The van der Waals surface area contributed by atoms with Gasteiger partial charge in [-0.1, -0.05) is 24.3 Å². The fourth-order valence-electron chi connectivity index (χ4n) is 2.95. The summed E-state index contributed by atoms with van der Waals surface area (Å²) in [6, 6.07) is 14.6. The van der Waals surface area contributed by atoms with Crippen molar-refractivity contribution in [1.82, 2.24) is 24.6 Å². The van der Waals surface area contributed by atoms with Crippen LogP contribution in [0.15, 0.2) is 48.7 Å². The minimum absolute atomic E-state index is 0.496. The number of benzene rings is 1. The Morgan fingerprint density at radius 2 is 1.87 bits per heavy atom. The highest BCUT2D eigenvalue weighted by Crippen LogP contribution is 2.22. The normalized spacial score (nSPS) is 10.7. The molecule has 3 aromatic heterocycles. The number of rotatable bonds is 7. The first kappa shape index (κ1) is 19.3. The van der Waals surface area contributed by atoms with Crippen LogP contribution in [0.3, 0.4) is 0 Å². The summed E-state index contributed by atoms with van der Waals surface area (Å²) in [4.78, 5) is 13.3. The first-order valence-electron chi connectivity index (χ1n) is 9.40. The Labute approximate surface area is 172 Å². The standard InChI is InChI=1S/C21H19FN8/c1-14-27-20-10-18(17-5-2-15(11-22)3-6-17)28-21(30(20)29-14)25-9-8-24-19-7-4-16(12-23)13-26-19/h2-7,10,13H,8-9,11H2,1H3,(H,24,26)(H,25,28). The largest absolute Gasteiger partial charge is 0.368 e. The van der Waals surface area contributed by atoms with Crippen molar-refractivity contribution in [3.05, 3.63) is 65.6 Å². The molecule has 8 nitrogen and oxygen atoms in total. The number of fused-ring (bicyclic) bond motifs is 1. The van der Waals surface area contributed by atoms with E-state index < -0.39 is 6.67 Å². The highest BCUT2D eigenvalue weighted by Gasteiger charge is 2.11. The average molecular weight is 402 g/mol. The third kappa shape index (κ3) is 4.17. The van der Waals surface area contributed by atoms with E-state index in [0.29, 0.717) is 47.5 Å². The molecule has 0 spiro atoms. The Morgan fingerprint density at radius 3 is 2.57 bits per heavy atom. The van der Waals surface area contributed by atoms with Crippen molar-refractivity contribution >= 4 is 17.4 Å². The molecule has 1 aromatic carbocycles. The van der Waals surface area contributed by atoms with Gasteiger partial charge in [0.15, 0.2) is 5.65 Å². The number of hydrogen-bond acceptors (Lipinski definition) is 7. The van der Waals surface area contributed by atoms with Crippen LogP contribution in [0.4, 0.5) is 16.2 Å². The molecular weight excluding hydrogens is 383 g/mol. The molecule has 30 heavy (non-hydrogen) atoms. The number of nitrogens with one attached hydrogen (secondary N) is 2. The summed E-state index contributed by atoms with van der Waals surface area (Å²) < 4.78 is 14.5. The number of nitrogens with zero attached hydrogens (tertiary/aromatic N) is 6. The number of aryl methyl sites for hydroxylation is 1. The summed E-state index contributed by atoms with van der Waals surface area (Å²) in [5.41, 5.74) is 3.42. The van der Waals surface area contributed by atoms with Crippen LogP contribution in [-0.2, 0) is 6.67 Å². The molecule has 0 bridgehead atoms. The van der Waals surface area contributed by atoms with Crippen LogP contribution in [-0.4, -0.2) is 37.7 Å². The molecule has 4 aromatic rings. The van der Waals surface area contributed by atoms with E-state index >= 15 is 0 Å². The van der Waals surface area contributed by atoms with Crippen LogP contribution in [0.5, 0.6) is 0 Å². The highest BCUT2D eigenvalue weighted by atomic mass is 19.1. The van der Waals surface area contributed by atoms with E-state index in [4.69, 9.17) is 5.26 Å². The summed E-state index contributed by atoms with van der Waals surface area (Å²) in [7, 11) is 0. The first-order valence-corrected chi connectivity index (χ1v) is 9.40. The summed E-state index contributed by atoms with van der Waals surface area (Å²) in [5.74, 6) is 1.89. The first-order chi connectivity index (χ1) is 14.7. The number of halogens is 1. The molecule has 0 fully saturated rings. The predicted molar refractivity (Wildman–Crippen MR) is 112 cm³/mol. The lowest BCUT2D eigenvalue weighted by atomic mass is 10.1. The monoisotopic (exact) mass is 402 g/mol. The van der Waals surface area contributed by atoms with Crippen molar-refractivity contribution in [3.8, 4) is 17.3 Å². The van der Waals surface area contributed by atoms with Gasteiger partial charge in [0, 0.05) is 30.9 Å². The quantitative estimate of drug-likeness (QED) is 0.457. The number of alkyl halides is 1. The topological polar surface area (TPSA) is 104 Å². The second kappa shape index (κ2) is 8.53. The van der Waals surface area contributed by atoms with Gasteiger partial charge in [-0.2, -0.15) is 9.78 Å². The molecular formula is C21H19FN8. The Hall–Kier alpha value is -4.06. The third-order valence-electron chi connectivity index (χ3n) is 4.44. The van der Waals surface area contributed by atoms with Crippen LogP contribution in [0.1, 0.15) is 17.0 Å². The van der Waals surface area contributed by atoms with E-state index in [0.717, 1.165) is 11.3 Å². The molecule has 0 radical (unpaired) electrons. The molecule has 0 saturated carbocycles. The highest BCUT2D eigenvalue weighted by molar-refractivity contribution is 5.66. The lowest BCUT2D eigenvalue weighted by Gasteiger charge is -2.11. The molecule has 3 heterocycles. The lowest BCUT2D eigenvalue weighted by Crippen LogP contribution is -2.17. The van der Waals surface area contributed by atoms with Crippen molar-refractivity contribution < 1.29 is 4.39 Å². The second-order valence-corrected chi connectivity index (χ2v) is 6.62. The second-order valence-electron chi connectivity index (χ2n) is 6.62. The van der Waals surface area contributed by atoms with E-state index in [-0.39, 0.29) is 0 Å². The van der Waals surface area contributed by atoms with E-state index in [1.807, 2.05) is 31.2 Å². The van der Waals surface area contributed by atoms with Gasteiger partial charge in [0.2, 0.25) is 5.95 Å².